The largest absolute Gasteiger partial charge is 0.497 e. The van der Waals surface area contributed by atoms with Crippen molar-refractivity contribution in [2.75, 3.05) is 27.6 Å². The zero-order chi connectivity index (χ0) is 40.7. The Balaban J connectivity index is 1.59. The number of aromatic nitrogens is 2. The van der Waals surface area contributed by atoms with Gasteiger partial charge in [0.05, 0.1) is 33.0 Å². The first-order valence-electron chi connectivity index (χ1n) is 17.0. The standard InChI is InChI=1S/C38H37F6N3O9/c1-51-26-14-10-24(11-15-26)36(23-7-4-3-5-8-23,25-12-16-27(52-2)17-13-25)56-28(9-6-19-45)32-31(49)33(34(55-32)47-20-18-30(48)46-35(47)50)54-22-53-21-29(37(39,40)41)38(42,43)44/h3-5,7-8,10-18,20,28-29,31-34,49H,6,9,21-22H2,1-2H3,(H,46,48,50)/t28?,31-,32-,33-,34-/m1/s1. The Hall–Kier alpha value is -5.19. The van der Waals surface area contributed by atoms with E-state index in [1.54, 1.807) is 78.9 Å². The highest BCUT2D eigenvalue weighted by Gasteiger charge is 2.57. The van der Waals surface area contributed by atoms with Crippen LogP contribution in [0.5, 0.6) is 11.5 Å². The number of methoxy groups -OCH3 is 2. The molecule has 0 aliphatic carbocycles. The number of aliphatic hydroxyl groups excluding tert-OH is 1. The minimum absolute atomic E-state index is 0.103. The lowest BCUT2D eigenvalue weighted by molar-refractivity contribution is -0.299. The molecule has 56 heavy (non-hydrogen) atoms. The predicted molar refractivity (Wildman–Crippen MR) is 185 cm³/mol. The lowest BCUT2D eigenvalue weighted by Crippen LogP contribution is -2.46. The molecule has 300 valence electrons. The number of nitrogens with zero attached hydrogens (tertiary/aromatic N) is 2. The Morgan fingerprint density at radius 1 is 0.857 bits per heavy atom. The second-order valence-electron chi connectivity index (χ2n) is 12.6. The van der Waals surface area contributed by atoms with Crippen LogP contribution in [0.2, 0.25) is 0 Å². The fraction of sp³-hybridized carbons (Fsp3) is 0.395. The number of hydrogen-bond donors (Lipinski definition) is 2. The molecule has 18 heteroatoms. The number of rotatable bonds is 16. The number of nitriles is 1. The normalized spacial score (nSPS) is 19.4. The van der Waals surface area contributed by atoms with E-state index in [0.717, 1.165) is 16.8 Å². The topological polar surface area (TPSA) is 154 Å². The van der Waals surface area contributed by atoms with E-state index in [4.69, 9.17) is 23.7 Å². The average molecular weight is 794 g/mol. The second kappa shape index (κ2) is 17.7. The molecule has 12 nitrogen and oxygen atoms in total. The van der Waals surface area contributed by atoms with Crippen LogP contribution in [0.1, 0.15) is 35.8 Å². The summed E-state index contributed by atoms with van der Waals surface area (Å²) in [6.07, 6.45) is -18.5. The molecule has 0 bridgehead atoms. The molecule has 4 aromatic rings. The van der Waals surface area contributed by atoms with E-state index in [1.807, 2.05) is 11.1 Å². The summed E-state index contributed by atoms with van der Waals surface area (Å²) in [5.74, 6) is -2.79. The molecule has 1 unspecified atom stereocenters. The van der Waals surface area contributed by atoms with E-state index in [9.17, 15) is 46.3 Å². The molecule has 1 fully saturated rings. The fourth-order valence-electron chi connectivity index (χ4n) is 6.43. The predicted octanol–water partition coefficient (Wildman–Crippen LogP) is 5.59. The molecule has 1 saturated heterocycles. The average Bonchev–Trinajstić information content (AvgIpc) is 3.49. The molecule has 1 aromatic heterocycles. The Morgan fingerprint density at radius 3 is 1.91 bits per heavy atom. The van der Waals surface area contributed by atoms with Crippen molar-refractivity contribution < 1.29 is 59.9 Å². The van der Waals surface area contributed by atoms with E-state index in [1.165, 1.54) is 14.2 Å². The number of aliphatic hydroxyl groups is 1. The Labute approximate surface area is 315 Å². The molecule has 5 rings (SSSR count). The Bertz CT molecular complexity index is 1970. The van der Waals surface area contributed by atoms with Crippen LogP contribution < -0.4 is 20.7 Å². The van der Waals surface area contributed by atoms with Crippen LogP contribution in [0.3, 0.4) is 0 Å². The van der Waals surface area contributed by atoms with Crippen molar-refractivity contribution in [1.82, 2.24) is 9.55 Å². The van der Waals surface area contributed by atoms with E-state index in [-0.39, 0.29) is 12.8 Å². The highest BCUT2D eigenvalue weighted by molar-refractivity contribution is 5.50. The van der Waals surface area contributed by atoms with Gasteiger partial charge in [0.2, 0.25) is 0 Å². The number of nitrogens with one attached hydrogen (secondary N) is 1. The van der Waals surface area contributed by atoms with Crippen LogP contribution in [0.25, 0.3) is 0 Å². The number of ether oxygens (including phenoxy) is 6. The maximum atomic E-state index is 13.2. The van der Waals surface area contributed by atoms with Crippen molar-refractivity contribution in [2.24, 2.45) is 5.92 Å². The molecule has 1 aliphatic heterocycles. The van der Waals surface area contributed by atoms with Crippen LogP contribution in [0, 0.1) is 17.2 Å². The highest BCUT2D eigenvalue weighted by atomic mass is 19.4. The summed E-state index contributed by atoms with van der Waals surface area (Å²) >= 11 is 0. The van der Waals surface area contributed by atoms with Gasteiger partial charge < -0.3 is 33.5 Å². The summed E-state index contributed by atoms with van der Waals surface area (Å²) in [7, 11) is 2.99. The van der Waals surface area contributed by atoms with Crippen LogP contribution in [0.4, 0.5) is 26.3 Å². The molecule has 0 radical (unpaired) electrons. The lowest BCUT2D eigenvalue weighted by atomic mass is 9.79. The molecule has 3 aromatic carbocycles. The maximum Gasteiger partial charge on any atom is 0.402 e. The summed E-state index contributed by atoms with van der Waals surface area (Å²) in [6.45, 7) is -3.06. The minimum atomic E-state index is -5.69. The minimum Gasteiger partial charge on any atom is -0.497 e. The Morgan fingerprint density at radius 2 is 1.41 bits per heavy atom. The molecule has 0 amide bonds. The first-order valence-corrected chi connectivity index (χ1v) is 17.0. The quantitative estimate of drug-likeness (QED) is 0.0635. The van der Waals surface area contributed by atoms with Crippen molar-refractivity contribution in [3.8, 4) is 17.6 Å². The first kappa shape index (κ1) is 42.0. The Kier molecular flexibility index (Phi) is 13.3. The van der Waals surface area contributed by atoms with Crippen LogP contribution in [0.15, 0.2) is 101 Å². The lowest BCUT2D eigenvalue weighted by Gasteiger charge is -2.41. The monoisotopic (exact) mass is 793 g/mol. The summed E-state index contributed by atoms with van der Waals surface area (Å²) in [5.41, 5.74) is -1.66. The summed E-state index contributed by atoms with van der Waals surface area (Å²) in [5, 5.41) is 21.6. The van der Waals surface area contributed by atoms with E-state index >= 15 is 0 Å². The van der Waals surface area contributed by atoms with Gasteiger partial charge >= 0.3 is 18.0 Å². The van der Waals surface area contributed by atoms with E-state index < -0.39 is 79.2 Å². The van der Waals surface area contributed by atoms with Gasteiger partial charge in [-0.15, -0.1) is 0 Å². The van der Waals surface area contributed by atoms with Crippen molar-refractivity contribution in [3.63, 3.8) is 0 Å². The molecule has 0 spiro atoms. The maximum absolute atomic E-state index is 13.2. The third-order valence-corrected chi connectivity index (χ3v) is 9.20. The van der Waals surface area contributed by atoms with Crippen molar-refractivity contribution >= 4 is 0 Å². The number of aromatic amines is 1. The third kappa shape index (κ3) is 9.25. The second-order valence-corrected chi connectivity index (χ2v) is 12.6. The van der Waals surface area contributed by atoms with Gasteiger partial charge in [-0.3, -0.25) is 14.3 Å². The van der Waals surface area contributed by atoms with Gasteiger partial charge in [0.25, 0.3) is 5.56 Å². The fourth-order valence-corrected chi connectivity index (χ4v) is 6.43. The van der Waals surface area contributed by atoms with Gasteiger partial charge in [0.1, 0.15) is 42.2 Å². The van der Waals surface area contributed by atoms with Crippen molar-refractivity contribution in [2.45, 2.75) is 61.4 Å². The smallest absolute Gasteiger partial charge is 0.402 e. The zero-order valence-corrected chi connectivity index (χ0v) is 29.8. The molecule has 1 aliphatic rings. The molecular weight excluding hydrogens is 756 g/mol. The first-order chi connectivity index (χ1) is 26.6. The number of halogens is 6. The molecule has 0 saturated carbocycles. The van der Waals surface area contributed by atoms with Gasteiger partial charge in [0, 0.05) is 18.7 Å². The zero-order valence-electron chi connectivity index (χ0n) is 29.8. The number of benzene rings is 3. The van der Waals surface area contributed by atoms with Crippen LogP contribution in [-0.2, 0) is 24.5 Å². The van der Waals surface area contributed by atoms with Gasteiger partial charge in [-0.25, -0.2) is 4.79 Å². The third-order valence-electron chi connectivity index (χ3n) is 9.20. The van der Waals surface area contributed by atoms with E-state index in [0.29, 0.717) is 28.2 Å². The van der Waals surface area contributed by atoms with Crippen molar-refractivity contribution in [1.29, 1.82) is 5.26 Å². The molecule has 2 N–H and O–H groups in total. The van der Waals surface area contributed by atoms with E-state index in [2.05, 4.69) is 4.74 Å². The van der Waals surface area contributed by atoms with Gasteiger partial charge in [-0.2, -0.15) is 31.6 Å². The summed E-state index contributed by atoms with van der Waals surface area (Å²) < 4.78 is 114. The van der Waals surface area contributed by atoms with Crippen LogP contribution >= 0.6 is 0 Å². The number of H-pyrrole nitrogens is 1. The SMILES string of the molecule is COc1ccc(C(OC(CCC#N)[C@H]2O[C@@H](n3ccc(=O)[nH]c3=O)[C@H](OCOCC(C(F)(F)F)C(F)(F)F)[C@@H]2O)(c2ccccc2)c2ccc(OC)cc2)cc1. The van der Waals surface area contributed by atoms with Gasteiger partial charge in [-0.05, 0) is 47.4 Å². The summed E-state index contributed by atoms with van der Waals surface area (Å²) in [6, 6.07) is 25.7. The number of hydrogen-bond acceptors (Lipinski definition) is 10. The molecular formula is C38H37F6N3O9. The molecule has 2 heterocycles. The summed E-state index contributed by atoms with van der Waals surface area (Å²) in [4.78, 5) is 26.9. The number of alkyl halides is 6. The highest BCUT2D eigenvalue weighted by Crippen LogP contribution is 2.46. The van der Waals surface area contributed by atoms with Crippen LogP contribution in [-0.4, -0.2) is 79.0 Å². The molecule has 5 atom stereocenters. The van der Waals surface area contributed by atoms with Crippen molar-refractivity contribution in [3.05, 3.63) is 129 Å². The van der Waals surface area contributed by atoms with Gasteiger partial charge in [-0.1, -0.05) is 54.6 Å². The van der Waals surface area contributed by atoms with Gasteiger partial charge in [0.15, 0.2) is 12.1 Å².